The Kier molecular flexibility index (Phi) is 6.44. The topological polar surface area (TPSA) is 40.5 Å². The second kappa shape index (κ2) is 7.88. The maximum absolute atomic E-state index is 10.4. The minimum absolute atomic E-state index is 0.293. The van der Waals surface area contributed by atoms with Crippen LogP contribution >= 0.6 is 0 Å². The molecular formula is C15H23NO2. The van der Waals surface area contributed by atoms with E-state index in [0.717, 1.165) is 32.4 Å². The molecule has 1 rings (SSSR count). The predicted molar refractivity (Wildman–Crippen MR) is 73.6 cm³/mol. The Labute approximate surface area is 109 Å². The summed E-state index contributed by atoms with van der Waals surface area (Å²) in [5.74, 6) is -0.691. The van der Waals surface area contributed by atoms with Crippen LogP contribution in [0.4, 0.5) is 0 Å². The molecule has 0 radical (unpaired) electrons. The molecule has 0 spiro atoms. The fraction of sp³-hybridized carbons (Fsp3) is 0.533. The van der Waals surface area contributed by atoms with Gasteiger partial charge in [-0.3, -0.25) is 4.79 Å². The SMILES string of the molecule is Cc1ccccc1CN(C)CCCCCC(=O)O. The smallest absolute Gasteiger partial charge is 0.303 e. The van der Waals surface area contributed by atoms with E-state index in [9.17, 15) is 4.79 Å². The zero-order valence-corrected chi connectivity index (χ0v) is 11.4. The summed E-state index contributed by atoms with van der Waals surface area (Å²) < 4.78 is 0. The van der Waals surface area contributed by atoms with Gasteiger partial charge in [0.25, 0.3) is 0 Å². The number of rotatable bonds is 8. The van der Waals surface area contributed by atoms with Crippen molar-refractivity contribution >= 4 is 5.97 Å². The van der Waals surface area contributed by atoms with Gasteiger partial charge in [0.05, 0.1) is 0 Å². The molecule has 0 atom stereocenters. The average molecular weight is 249 g/mol. The quantitative estimate of drug-likeness (QED) is 0.720. The molecule has 100 valence electrons. The van der Waals surface area contributed by atoms with Gasteiger partial charge in [0.2, 0.25) is 0 Å². The molecule has 0 bridgehead atoms. The molecule has 0 heterocycles. The zero-order chi connectivity index (χ0) is 13.4. The first kappa shape index (κ1) is 14.7. The van der Waals surface area contributed by atoms with Gasteiger partial charge < -0.3 is 10.0 Å². The van der Waals surface area contributed by atoms with Crippen LogP contribution in [-0.2, 0) is 11.3 Å². The monoisotopic (exact) mass is 249 g/mol. The fourth-order valence-electron chi connectivity index (χ4n) is 1.99. The van der Waals surface area contributed by atoms with Crippen molar-refractivity contribution in [3.05, 3.63) is 35.4 Å². The molecule has 0 unspecified atom stereocenters. The third-order valence-electron chi connectivity index (χ3n) is 3.13. The number of aliphatic carboxylic acids is 1. The Morgan fingerprint density at radius 2 is 1.94 bits per heavy atom. The first-order valence-corrected chi connectivity index (χ1v) is 6.54. The van der Waals surface area contributed by atoms with Crippen LogP contribution < -0.4 is 0 Å². The highest BCUT2D eigenvalue weighted by Gasteiger charge is 2.03. The molecule has 0 saturated carbocycles. The summed E-state index contributed by atoms with van der Waals surface area (Å²) in [6.07, 6.45) is 3.13. The van der Waals surface area contributed by atoms with E-state index in [1.54, 1.807) is 0 Å². The lowest BCUT2D eigenvalue weighted by atomic mass is 10.1. The molecule has 0 aliphatic heterocycles. The summed E-state index contributed by atoms with van der Waals surface area (Å²) in [5.41, 5.74) is 2.70. The molecule has 3 nitrogen and oxygen atoms in total. The summed E-state index contributed by atoms with van der Waals surface area (Å²) in [5, 5.41) is 8.54. The largest absolute Gasteiger partial charge is 0.481 e. The van der Waals surface area contributed by atoms with Crippen LogP contribution in [0.3, 0.4) is 0 Å². The van der Waals surface area contributed by atoms with Crippen LogP contribution in [0.2, 0.25) is 0 Å². The number of nitrogens with zero attached hydrogens (tertiary/aromatic N) is 1. The Morgan fingerprint density at radius 3 is 2.61 bits per heavy atom. The van der Waals surface area contributed by atoms with Gasteiger partial charge in [0, 0.05) is 13.0 Å². The maximum Gasteiger partial charge on any atom is 0.303 e. The van der Waals surface area contributed by atoms with Crippen LogP contribution in [0.5, 0.6) is 0 Å². The van der Waals surface area contributed by atoms with E-state index in [1.165, 1.54) is 11.1 Å². The molecule has 0 aromatic heterocycles. The normalized spacial score (nSPS) is 10.8. The fourth-order valence-corrected chi connectivity index (χ4v) is 1.99. The molecule has 3 heteroatoms. The molecule has 0 aliphatic carbocycles. The van der Waals surface area contributed by atoms with Gasteiger partial charge in [-0.25, -0.2) is 0 Å². The van der Waals surface area contributed by atoms with Crippen molar-refractivity contribution in [1.82, 2.24) is 4.90 Å². The summed E-state index contributed by atoms with van der Waals surface area (Å²) in [6.45, 7) is 4.12. The molecule has 0 fully saturated rings. The van der Waals surface area contributed by atoms with Gasteiger partial charge in [-0.05, 0) is 44.5 Å². The van der Waals surface area contributed by atoms with E-state index in [1.807, 2.05) is 0 Å². The van der Waals surface area contributed by atoms with Crippen molar-refractivity contribution in [3.8, 4) is 0 Å². The molecule has 1 aromatic rings. The minimum atomic E-state index is -0.691. The summed E-state index contributed by atoms with van der Waals surface area (Å²) >= 11 is 0. The number of aryl methyl sites for hydroxylation is 1. The van der Waals surface area contributed by atoms with Crippen LogP contribution in [0.1, 0.15) is 36.8 Å². The van der Waals surface area contributed by atoms with E-state index in [2.05, 4.69) is 43.1 Å². The van der Waals surface area contributed by atoms with E-state index < -0.39 is 5.97 Å². The molecule has 0 aliphatic rings. The number of unbranched alkanes of at least 4 members (excludes halogenated alkanes) is 2. The molecular weight excluding hydrogens is 226 g/mol. The van der Waals surface area contributed by atoms with Gasteiger partial charge in [-0.1, -0.05) is 30.7 Å². The van der Waals surface area contributed by atoms with Crippen LogP contribution in [0.25, 0.3) is 0 Å². The van der Waals surface area contributed by atoms with Crippen LogP contribution in [0, 0.1) is 6.92 Å². The molecule has 0 saturated heterocycles. The summed E-state index contributed by atoms with van der Waals surface area (Å²) in [7, 11) is 2.11. The molecule has 1 N–H and O–H groups in total. The Hall–Kier alpha value is -1.35. The van der Waals surface area contributed by atoms with Gasteiger partial charge in [0.15, 0.2) is 0 Å². The van der Waals surface area contributed by atoms with E-state index in [4.69, 9.17) is 5.11 Å². The molecule has 1 aromatic carbocycles. The first-order chi connectivity index (χ1) is 8.59. The lowest BCUT2D eigenvalue weighted by Gasteiger charge is -2.17. The Morgan fingerprint density at radius 1 is 1.22 bits per heavy atom. The number of carboxylic acid groups (broad SMARTS) is 1. The standard InChI is InChI=1S/C15H23NO2/c1-13-8-5-6-9-14(13)12-16(2)11-7-3-4-10-15(17)18/h5-6,8-9H,3-4,7,10-12H2,1-2H3,(H,17,18). The Balaban J connectivity index is 2.20. The summed E-state index contributed by atoms with van der Waals surface area (Å²) in [4.78, 5) is 12.7. The highest BCUT2D eigenvalue weighted by Crippen LogP contribution is 2.10. The zero-order valence-electron chi connectivity index (χ0n) is 11.4. The highest BCUT2D eigenvalue weighted by atomic mass is 16.4. The Bertz CT molecular complexity index is 377. The highest BCUT2D eigenvalue weighted by molar-refractivity contribution is 5.66. The van der Waals surface area contributed by atoms with E-state index >= 15 is 0 Å². The summed E-state index contributed by atoms with van der Waals surface area (Å²) in [6, 6.07) is 8.43. The lowest BCUT2D eigenvalue weighted by molar-refractivity contribution is -0.137. The predicted octanol–water partition coefficient (Wildman–Crippen LogP) is 3.07. The number of carboxylic acids is 1. The average Bonchev–Trinajstić information content (AvgIpc) is 2.31. The van der Waals surface area contributed by atoms with Gasteiger partial charge >= 0.3 is 5.97 Å². The number of hydrogen-bond donors (Lipinski definition) is 1. The molecule has 18 heavy (non-hydrogen) atoms. The second-order valence-electron chi connectivity index (χ2n) is 4.87. The number of carbonyl (C=O) groups is 1. The number of hydrogen-bond acceptors (Lipinski definition) is 2. The van der Waals surface area contributed by atoms with E-state index in [-0.39, 0.29) is 0 Å². The van der Waals surface area contributed by atoms with Crippen molar-refractivity contribution in [1.29, 1.82) is 0 Å². The van der Waals surface area contributed by atoms with Crippen molar-refractivity contribution < 1.29 is 9.90 Å². The first-order valence-electron chi connectivity index (χ1n) is 6.54. The molecule has 0 amide bonds. The van der Waals surface area contributed by atoms with Crippen molar-refractivity contribution in [2.45, 2.75) is 39.2 Å². The van der Waals surface area contributed by atoms with E-state index in [0.29, 0.717) is 6.42 Å². The van der Waals surface area contributed by atoms with Crippen molar-refractivity contribution in [2.24, 2.45) is 0 Å². The minimum Gasteiger partial charge on any atom is -0.481 e. The second-order valence-corrected chi connectivity index (χ2v) is 4.87. The maximum atomic E-state index is 10.4. The lowest BCUT2D eigenvalue weighted by Crippen LogP contribution is -2.19. The van der Waals surface area contributed by atoms with Crippen LogP contribution in [-0.4, -0.2) is 29.6 Å². The van der Waals surface area contributed by atoms with Gasteiger partial charge in [-0.2, -0.15) is 0 Å². The number of benzene rings is 1. The van der Waals surface area contributed by atoms with Crippen molar-refractivity contribution in [3.63, 3.8) is 0 Å². The third-order valence-corrected chi connectivity index (χ3v) is 3.13. The third kappa shape index (κ3) is 5.82. The van der Waals surface area contributed by atoms with Gasteiger partial charge in [-0.15, -0.1) is 0 Å². The van der Waals surface area contributed by atoms with Crippen LogP contribution in [0.15, 0.2) is 24.3 Å². The van der Waals surface area contributed by atoms with Gasteiger partial charge in [0.1, 0.15) is 0 Å². The van der Waals surface area contributed by atoms with Crippen molar-refractivity contribution in [2.75, 3.05) is 13.6 Å².